The third-order valence-electron chi connectivity index (χ3n) is 3.32. The van der Waals surface area contributed by atoms with Crippen LogP contribution >= 0.6 is 12.6 Å². The molecular weight excluding hydrogens is 232 g/mol. The molecule has 0 aliphatic carbocycles. The number of hydrogen-bond acceptors (Lipinski definition) is 2. The Morgan fingerprint density at radius 2 is 2.00 bits per heavy atom. The van der Waals surface area contributed by atoms with E-state index in [-0.39, 0.29) is 0 Å². The molecule has 3 heteroatoms. The topological polar surface area (TPSA) is 9.23 Å². The predicted octanol–water partition coefficient (Wildman–Crippen LogP) is 3.16. The average molecular weight is 252 g/mol. The molecule has 0 aromatic heterocycles. The Kier molecular flexibility index (Phi) is 4.50. The summed E-state index contributed by atoms with van der Waals surface area (Å²) in [5.74, 6) is 0. The highest BCUT2D eigenvalue weighted by atomic mass is 32.1. The van der Waals surface area contributed by atoms with Gasteiger partial charge in [-0.15, -0.1) is 0 Å². The minimum Gasteiger partial charge on any atom is -0.419 e. The number of hydrogen-bond donors (Lipinski definition) is 1. The molecule has 88 valence electrons. The van der Waals surface area contributed by atoms with Crippen molar-refractivity contribution >= 4 is 21.7 Å². The Bertz CT molecular complexity index is 309. The van der Waals surface area contributed by atoms with Crippen molar-refractivity contribution in [3.63, 3.8) is 0 Å². The summed E-state index contributed by atoms with van der Waals surface area (Å²) in [5.41, 5.74) is 1.98. The second-order valence-electron chi connectivity index (χ2n) is 4.58. The summed E-state index contributed by atoms with van der Waals surface area (Å²) in [7, 11) is -1.10. The average Bonchev–Trinajstić information content (AvgIpc) is 2.31. The minimum absolute atomic E-state index is 0.400. The van der Waals surface area contributed by atoms with Crippen LogP contribution in [0.1, 0.15) is 30.9 Å². The van der Waals surface area contributed by atoms with E-state index in [1.165, 1.54) is 24.4 Å². The Hall–Kier alpha value is -0.253. The predicted molar refractivity (Wildman–Crippen MR) is 74.8 cm³/mol. The lowest BCUT2D eigenvalue weighted by molar-refractivity contribution is 0.280. The summed E-state index contributed by atoms with van der Waals surface area (Å²) >= 11 is 4.67. The monoisotopic (exact) mass is 252 g/mol. The summed E-state index contributed by atoms with van der Waals surface area (Å²) in [5, 5.41) is 0.400. The van der Waals surface area contributed by atoms with Crippen molar-refractivity contribution in [3.8, 4) is 0 Å². The van der Waals surface area contributed by atoms with E-state index in [2.05, 4.69) is 49.9 Å². The van der Waals surface area contributed by atoms with Crippen LogP contribution in [0, 0.1) is 0 Å². The zero-order valence-corrected chi connectivity index (χ0v) is 11.9. The molecule has 1 aliphatic heterocycles. The highest BCUT2D eigenvalue weighted by molar-refractivity contribution is 7.81. The van der Waals surface area contributed by atoms with E-state index in [9.17, 15) is 0 Å². The fourth-order valence-corrected chi connectivity index (χ4v) is 6.44. The van der Waals surface area contributed by atoms with Gasteiger partial charge in [-0.05, 0) is 18.0 Å². The normalized spacial score (nSPS) is 25.0. The summed E-state index contributed by atoms with van der Waals surface area (Å²) in [6.07, 6.45) is 2.59. The van der Waals surface area contributed by atoms with Gasteiger partial charge in [0.25, 0.3) is 0 Å². The maximum Gasteiger partial charge on any atom is 0.185 e. The second kappa shape index (κ2) is 5.89. The van der Waals surface area contributed by atoms with Gasteiger partial charge in [-0.3, -0.25) is 0 Å². The first-order chi connectivity index (χ1) is 7.79. The summed E-state index contributed by atoms with van der Waals surface area (Å²) in [6, 6.07) is 12.1. The van der Waals surface area contributed by atoms with Gasteiger partial charge in [0, 0.05) is 17.4 Å². The van der Waals surface area contributed by atoms with Gasteiger partial charge in [0.1, 0.15) is 0 Å². The van der Waals surface area contributed by atoms with Gasteiger partial charge < -0.3 is 4.43 Å². The molecule has 0 bridgehead atoms. The molecular formula is C13H20OSSi. The Morgan fingerprint density at radius 3 is 2.56 bits per heavy atom. The van der Waals surface area contributed by atoms with Crippen molar-refractivity contribution in [3.05, 3.63) is 35.9 Å². The minimum atomic E-state index is -1.10. The first-order valence-electron chi connectivity index (χ1n) is 6.13. The molecule has 1 aromatic carbocycles. The third kappa shape index (κ3) is 2.90. The van der Waals surface area contributed by atoms with Gasteiger partial charge in [0.05, 0.1) is 0 Å². The van der Waals surface area contributed by atoms with Crippen molar-refractivity contribution in [1.82, 2.24) is 0 Å². The first kappa shape index (κ1) is 12.2. The fraction of sp³-hybridized carbons (Fsp3) is 0.538. The third-order valence-corrected chi connectivity index (χ3v) is 7.37. The lowest BCUT2D eigenvalue weighted by Gasteiger charge is -2.31. The van der Waals surface area contributed by atoms with Gasteiger partial charge >= 0.3 is 0 Å². The highest BCUT2D eigenvalue weighted by Crippen LogP contribution is 2.31. The molecule has 1 nitrogen and oxygen atoms in total. The Labute approximate surface area is 105 Å². The van der Waals surface area contributed by atoms with E-state index >= 15 is 0 Å². The van der Waals surface area contributed by atoms with E-state index in [0.29, 0.717) is 10.8 Å². The lowest BCUT2D eigenvalue weighted by atomic mass is 10.1. The van der Waals surface area contributed by atoms with Crippen LogP contribution in [0.25, 0.3) is 0 Å². The van der Waals surface area contributed by atoms with Crippen molar-refractivity contribution in [2.75, 3.05) is 6.61 Å². The fourth-order valence-electron chi connectivity index (χ4n) is 2.53. The molecule has 1 aliphatic rings. The van der Waals surface area contributed by atoms with Gasteiger partial charge in [0.2, 0.25) is 0 Å². The SMILES string of the molecule is CC(S)C(c1ccccc1)[SiH]1CCCCO1. The van der Waals surface area contributed by atoms with E-state index in [0.717, 1.165) is 6.61 Å². The van der Waals surface area contributed by atoms with Crippen LogP contribution in [0.5, 0.6) is 0 Å². The van der Waals surface area contributed by atoms with Crippen molar-refractivity contribution in [2.45, 2.75) is 36.6 Å². The number of benzene rings is 1. The molecule has 3 unspecified atom stereocenters. The standard InChI is InChI=1S/C13H20OSSi/c1-11(15)13(12-7-3-2-4-8-12)16-10-6-5-9-14-16/h2-4,7-8,11,13,15-16H,5-6,9-10H2,1H3. The van der Waals surface area contributed by atoms with Gasteiger partial charge in [0.15, 0.2) is 9.04 Å². The van der Waals surface area contributed by atoms with Crippen LogP contribution in [0.4, 0.5) is 0 Å². The van der Waals surface area contributed by atoms with Gasteiger partial charge in [-0.1, -0.05) is 43.7 Å². The molecule has 1 heterocycles. The Balaban J connectivity index is 2.16. The second-order valence-corrected chi connectivity index (χ2v) is 8.10. The molecule has 0 saturated carbocycles. The summed E-state index contributed by atoms with van der Waals surface area (Å²) in [4.78, 5) is 0. The molecule has 1 aromatic rings. The largest absolute Gasteiger partial charge is 0.419 e. The maximum absolute atomic E-state index is 6.05. The molecule has 1 fully saturated rings. The molecule has 16 heavy (non-hydrogen) atoms. The van der Waals surface area contributed by atoms with Gasteiger partial charge in [-0.2, -0.15) is 12.6 Å². The maximum atomic E-state index is 6.05. The Morgan fingerprint density at radius 1 is 1.25 bits per heavy atom. The van der Waals surface area contributed by atoms with Crippen LogP contribution in [0.2, 0.25) is 6.04 Å². The molecule has 3 atom stereocenters. The van der Waals surface area contributed by atoms with Crippen molar-refractivity contribution < 1.29 is 4.43 Å². The number of thiol groups is 1. The first-order valence-corrected chi connectivity index (χ1v) is 8.61. The zero-order valence-electron chi connectivity index (χ0n) is 9.80. The quantitative estimate of drug-likeness (QED) is 0.642. The summed E-state index contributed by atoms with van der Waals surface area (Å²) in [6.45, 7) is 3.17. The lowest BCUT2D eigenvalue weighted by Crippen LogP contribution is -2.35. The van der Waals surface area contributed by atoms with Crippen LogP contribution in [0.15, 0.2) is 30.3 Å². The molecule has 0 radical (unpaired) electrons. The van der Waals surface area contributed by atoms with Crippen molar-refractivity contribution in [1.29, 1.82) is 0 Å². The molecule has 0 N–H and O–H groups in total. The van der Waals surface area contributed by atoms with E-state index in [1.54, 1.807) is 0 Å². The smallest absolute Gasteiger partial charge is 0.185 e. The van der Waals surface area contributed by atoms with E-state index in [4.69, 9.17) is 4.43 Å². The molecule has 1 saturated heterocycles. The molecule has 0 spiro atoms. The van der Waals surface area contributed by atoms with Crippen LogP contribution in [-0.2, 0) is 4.43 Å². The zero-order chi connectivity index (χ0) is 11.4. The van der Waals surface area contributed by atoms with Crippen LogP contribution in [0.3, 0.4) is 0 Å². The highest BCUT2D eigenvalue weighted by Gasteiger charge is 2.30. The van der Waals surface area contributed by atoms with E-state index in [1.807, 2.05) is 0 Å². The van der Waals surface area contributed by atoms with Crippen molar-refractivity contribution in [2.24, 2.45) is 0 Å². The van der Waals surface area contributed by atoms with Crippen LogP contribution in [-0.4, -0.2) is 20.9 Å². The number of rotatable bonds is 3. The molecule has 2 rings (SSSR count). The molecule has 0 amide bonds. The van der Waals surface area contributed by atoms with E-state index < -0.39 is 9.04 Å². The summed E-state index contributed by atoms with van der Waals surface area (Å²) < 4.78 is 6.05. The van der Waals surface area contributed by atoms with Gasteiger partial charge in [-0.25, -0.2) is 0 Å². The van der Waals surface area contributed by atoms with Crippen LogP contribution < -0.4 is 0 Å².